The average Bonchev–Trinajstić information content (AvgIpc) is 3.19. The number of hydrogen-bond donors (Lipinski definition) is 2. The van der Waals surface area contributed by atoms with E-state index < -0.39 is 0 Å². The van der Waals surface area contributed by atoms with Gasteiger partial charge in [0.1, 0.15) is 0 Å². The minimum Gasteiger partial charge on any atom is -0.333 e. The first-order chi connectivity index (χ1) is 16.7. The predicted octanol–water partition coefficient (Wildman–Crippen LogP) is 7.87. The maximum absolute atomic E-state index is 9.98. The Hall–Kier alpha value is -1.11. The second kappa shape index (κ2) is 12.4. The van der Waals surface area contributed by atoms with Crippen LogP contribution in [0.25, 0.3) is 0 Å². The maximum atomic E-state index is 9.98. The molecule has 3 nitrogen and oxygen atoms in total. The van der Waals surface area contributed by atoms with Crippen LogP contribution in [-0.4, -0.2) is 13.1 Å². The zero-order chi connectivity index (χ0) is 26.6. The smallest absolute Gasteiger partial charge is 0.0662 e. The summed E-state index contributed by atoms with van der Waals surface area (Å²) in [5, 5.41) is 9.98. The van der Waals surface area contributed by atoms with E-state index in [1.807, 2.05) is 13.8 Å². The fourth-order valence-electron chi connectivity index (χ4n) is 9.21. The van der Waals surface area contributed by atoms with Crippen LogP contribution < -0.4 is 11.5 Å². The van der Waals surface area contributed by atoms with Crippen LogP contribution in [0.3, 0.4) is 0 Å². The monoisotopic (exact) mass is 483 g/mol. The van der Waals surface area contributed by atoms with Crippen molar-refractivity contribution in [3.63, 3.8) is 0 Å². The first kappa shape index (κ1) is 30.1. The van der Waals surface area contributed by atoms with Crippen LogP contribution in [0.5, 0.6) is 0 Å². The molecule has 0 aliphatic heterocycles. The van der Waals surface area contributed by atoms with E-state index >= 15 is 0 Å². The minimum atomic E-state index is 0.116. The van der Waals surface area contributed by atoms with Crippen molar-refractivity contribution in [2.75, 3.05) is 7.05 Å². The highest BCUT2D eigenvalue weighted by Gasteiger charge is 2.60. The summed E-state index contributed by atoms with van der Waals surface area (Å²) in [5.41, 5.74) is 14.5. The number of fused-ring (bicyclic) bond motifs is 5. The fourth-order valence-corrected chi connectivity index (χ4v) is 9.21. The minimum absolute atomic E-state index is 0.116. The van der Waals surface area contributed by atoms with Gasteiger partial charge < -0.3 is 11.5 Å². The molecule has 0 amide bonds. The Bertz CT molecular complexity index is 765. The van der Waals surface area contributed by atoms with E-state index in [1.165, 1.54) is 69.6 Å². The Kier molecular flexibility index (Phi) is 10.7. The van der Waals surface area contributed by atoms with Gasteiger partial charge in [0.2, 0.25) is 0 Å². The number of hydrogen-bond acceptors (Lipinski definition) is 3. The molecule has 0 saturated heterocycles. The van der Waals surface area contributed by atoms with E-state index in [1.54, 1.807) is 0 Å². The molecule has 4 rings (SSSR count). The number of nitrogens with two attached hydrogens (primary N) is 2. The Balaban J connectivity index is 0.00000103. The van der Waals surface area contributed by atoms with Crippen molar-refractivity contribution in [3.8, 4) is 6.07 Å². The predicted molar refractivity (Wildman–Crippen MR) is 151 cm³/mol. The van der Waals surface area contributed by atoms with E-state index in [2.05, 4.69) is 52.7 Å². The van der Waals surface area contributed by atoms with Gasteiger partial charge in [0.05, 0.1) is 12.0 Å². The summed E-state index contributed by atoms with van der Waals surface area (Å²) >= 11 is 0. The van der Waals surface area contributed by atoms with Crippen molar-refractivity contribution in [2.45, 2.75) is 112 Å². The lowest BCUT2D eigenvalue weighted by Crippen LogP contribution is -2.55. The van der Waals surface area contributed by atoms with Gasteiger partial charge in [-0.05, 0) is 118 Å². The molecule has 3 heteroatoms. The third kappa shape index (κ3) is 5.45. The van der Waals surface area contributed by atoms with Crippen molar-refractivity contribution in [3.05, 3.63) is 24.3 Å². The molecule has 0 bridgehead atoms. The van der Waals surface area contributed by atoms with Crippen molar-refractivity contribution < 1.29 is 0 Å². The highest BCUT2D eigenvalue weighted by atomic mass is 14.7. The summed E-state index contributed by atoms with van der Waals surface area (Å²) in [7, 11) is 1.50. The summed E-state index contributed by atoms with van der Waals surface area (Å²) in [6.45, 7) is 22.4. The summed E-state index contributed by atoms with van der Waals surface area (Å²) in [4.78, 5) is 0. The van der Waals surface area contributed by atoms with Gasteiger partial charge in [0, 0.05) is 6.04 Å². The van der Waals surface area contributed by atoms with Crippen molar-refractivity contribution >= 4 is 0 Å². The van der Waals surface area contributed by atoms with E-state index in [9.17, 15) is 5.26 Å². The van der Waals surface area contributed by atoms with E-state index in [4.69, 9.17) is 5.73 Å². The standard InChI is InChI=1S/C29H46N2.C2H6.CH5N/c1-7-18(2)20(4)21(17-30)15-22-8-10-26-24-14-19(3)25-11-9-23(31)16-29(25,6)27(24)12-13-28(22,26)5;2*1-2/h20-27H,2-3,7-16,31H2,1,4-6H3;1-2H3;2H2,1H3. The zero-order valence-electron chi connectivity index (χ0n) is 24.2. The van der Waals surface area contributed by atoms with Crippen molar-refractivity contribution in [1.29, 1.82) is 5.26 Å². The number of rotatable bonds is 5. The molecule has 0 radical (unpaired) electrons. The van der Waals surface area contributed by atoms with Gasteiger partial charge in [0.25, 0.3) is 0 Å². The van der Waals surface area contributed by atoms with Crippen LogP contribution in [-0.2, 0) is 0 Å². The molecule has 0 spiro atoms. The molecular weight excluding hydrogens is 426 g/mol. The molecule has 0 aromatic rings. The lowest BCUT2D eigenvalue weighted by atomic mass is 9.43. The van der Waals surface area contributed by atoms with E-state index in [0.717, 1.165) is 30.6 Å². The quantitative estimate of drug-likeness (QED) is 0.390. The maximum Gasteiger partial charge on any atom is 0.0662 e. The summed E-state index contributed by atoms with van der Waals surface area (Å²) in [5.74, 6) is 4.20. The Morgan fingerprint density at radius 3 is 2.31 bits per heavy atom. The SMILES string of the molecule is C=C(CC)C(C)C(C#N)CC1CCC2C3CC(=C)C4CCC(N)CC4(C)C3CCC12C.CC.CN. The van der Waals surface area contributed by atoms with Crippen LogP contribution >= 0.6 is 0 Å². The molecule has 4 fully saturated rings. The Morgan fingerprint density at radius 1 is 1.09 bits per heavy atom. The fraction of sp³-hybridized carbons (Fsp3) is 0.844. The van der Waals surface area contributed by atoms with Gasteiger partial charge in [-0.2, -0.15) is 5.26 Å². The van der Waals surface area contributed by atoms with Crippen LogP contribution in [0.15, 0.2) is 24.3 Å². The third-order valence-electron chi connectivity index (χ3n) is 11.2. The highest BCUT2D eigenvalue weighted by molar-refractivity contribution is 5.21. The summed E-state index contributed by atoms with van der Waals surface area (Å²) < 4.78 is 0. The molecular formula is C32H57N3. The average molecular weight is 484 g/mol. The number of nitrogens with zero attached hydrogens (tertiary/aromatic N) is 1. The molecule has 4 saturated carbocycles. The zero-order valence-corrected chi connectivity index (χ0v) is 24.2. The first-order valence-electron chi connectivity index (χ1n) is 14.7. The topological polar surface area (TPSA) is 75.8 Å². The first-order valence-corrected chi connectivity index (χ1v) is 14.7. The lowest BCUT2D eigenvalue weighted by Gasteiger charge is -2.61. The molecule has 0 aromatic carbocycles. The van der Waals surface area contributed by atoms with Crippen molar-refractivity contribution in [2.24, 2.45) is 63.7 Å². The van der Waals surface area contributed by atoms with Crippen LogP contribution in [0.1, 0.15) is 106 Å². The summed E-state index contributed by atoms with van der Waals surface area (Å²) in [6.07, 6.45) is 12.3. The normalized spacial score (nSPS) is 41.3. The number of nitriles is 1. The largest absolute Gasteiger partial charge is 0.333 e. The molecule has 10 atom stereocenters. The van der Waals surface area contributed by atoms with Gasteiger partial charge in [-0.15, -0.1) is 0 Å². The number of allylic oxidation sites excluding steroid dienone is 2. The van der Waals surface area contributed by atoms with E-state index in [-0.39, 0.29) is 5.92 Å². The molecule has 0 aromatic heterocycles. The van der Waals surface area contributed by atoms with Crippen LogP contribution in [0, 0.1) is 63.6 Å². The molecule has 4 N–H and O–H groups in total. The van der Waals surface area contributed by atoms with Gasteiger partial charge >= 0.3 is 0 Å². The third-order valence-corrected chi connectivity index (χ3v) is 11.2. The van der Waals surface area contributed by atoms with Gasteiger partial charge in [-0.3, -0.25) is 0 Å². The van der Waals surface area contributed by atoms with Gasteiger partial charge in [-0.25, -0.2) is 0 Å². The highest BCUT2D eigenvalue weighted by Crippen LogP contribution is 2.68. The van der Waals surface area contributed by atoms with Crippen molar-refractivity contribution in [1.82, 2.24) is 0 Å². The summed E-state index contributed by atoms with van der Waals surface area (Å²) in [6, 6.07) is 3.06. The Morgan fingerprint density at radius 2 is 1.71 bits per heavy atom. The molecule has 0 heterocycles. The van der Waals surface area contributed by atoms with Crippen LogP contribution in [0.2, 0.25) is 0 Å². The van der Waals surface area contributed by atoms with E-state index in [0.29, 0.717) is 34.6 Å². The molecule has 4 aliphatic carbocycles. The van der Waals surface area contributed by atoms with Gasteiger partial charge in [0.15, 0.2) is 0 Å². The molecule has 10 unspecified atom stereocenters. The van der Waals surface area contributed by atoms with Gasteiger partial charge in [-0.1, -0.05) is 65.8 Å². The molecule has 200 valence electrons. The lowest BCUT2D eigenvalue weighted by molar-refractivity contribution is -0.0933. The Labute approximate surface area is 218 Å². The molecule has 35 heavy (non-hydrogen) atoms. The second-order valence-electron chi connectivity index (χ2n) is 12.4. The molecule has 4 aliphatic rings. The van der Waals surface area contributed by atoms with Crippen LogP contribution in [0.4, 0.5) is 0 Å². The second-order valence-corrected chi connectivity index (χ2v) is 12.4.